The molecule has 1 atom stereocenters. The van der Waals surface area contributed by atoms with Gasteiger partial charge in [0.05, 0.1) is 13.2 Å². The predicted octanol–water partition coefficient (Wildman–Crippen LogP) is 1.99. The third-order valence-electron chi connectivity index (χ3n) is 3.03. The highest BCUT2D eigenvalue weighted by molar-refractivity contribution is 5.73. The van der Waals surface area contributed by atoms with Crippen molar-refractivity contribution in [1.29, 1.82) is 0 Å². The average Bonchev–Trinajstić information content (AvgIpc) is 2.97. The molecule has 3 heteroatoms. The number of hydrogen-bond acceptors (Lipinski definition) is 2. The van der Waals surface area contributed by atoms with Gasteiger partial charge in [0, 0.05) is 6.92 Å². The molecule has 0 spiro atoms. The summed E-state index contributed by atoms with van der Waals surface area (Å²) in [6.45, 7) is 1.57. The predicted molar refractivity (Wildman–Crippen MR) is 58.2 cm³/mol. The first-order valence-electron chi connectivity index (χ1n) is 5.73. The van der Waals surface area contributed by atoms with E-state index in [1.807, 2.05) is 0 Å². The maximum absolute atomic E-state index is 11.1. The summed E-state index contributed by atoms with van der Waals surface area (Å²) in [5, 5.41) is 3.00. The van der Waals surface area contributed by atoms with Gasteiger partial charge in [0.1, 0.15) is 5.76 Å². The molecule has 3 nitrogen and oxygen atoms in total. The molecule has 0 aromatic rings. The van der Waals surface area contributed by atoms with Crippen molar-refractivity contribution in [2.24, 2.45) is 5.92 Å². The van der Waals surface area contributed by atoms with E-state index in [0.29, 0.717) is 0 Å². The van der Waals surface area contributed by atoms with Crippen LogP contribution in [-0.4, -0.2) is 19.1 Å². The van der Waals surface area contributed by atoms with Crippen LogP contribution in [0.25, 0.3) is 0 Å². The van der Waals surface area contributed by atoms with E-state index in [2.05, 4.69) is 5.32 Å². The fourth-order valence-electron chi connectivity index (χ4n) is 2.01. The minimum Gasteiger partial charge on any atom is -0.499 e. The van der Waals surface area contributed by atoms with Gasteiger partial charge in [-0.25, -0.2) is 0 Å². The molecule has 1 unspecified atom stereocenters. The van der Waals surface area contributed by atoms with E-state index in [4.69, 9.17) is 4.74 Å². The number of rotatable bonds is 5. The Bertz CT molecular complexity index is 286. The van der Waals surface area contributed by atoms with E-state index in [1.54, 1.807) is 14.0 Å². The Hall–Kier alpha value is -0.990. The van der Waals surface area contributed by atoms with Crippen LogP contribution < -0.4 is 5.32 Å². The molecule has 0 aliphatic heterocycles. The Morgan fingerprint density at radius 1 is 1.53 bits per heavy atom. The number of nitrogens with one attached hydrogen (secondary N) is 1. The molecule has 0 radical (unpaired) electrons. The number of allylic oxidation sites excluding steroid dienone is 1. The van der Waals surface area contributed by atoms with Crippen LogP contribution in [0.3, 0.4) is 0 Å². The molecule has 0 aromatic carbocycles. The first-order chi connectivity index (χ1) is 7.20. The third-order valence-corrected chi connectivity index (χ3v) is 3.03. The fourth-order valence-corrected chi connectivity index (χ4v) is 2.01. The number of ether oxygens (including phenoxy) is 1. The number of hydrogen-bond donors (Lipinski definition) is 1. The molecule has 2 fully saturated rings. The average molecular weight is 209 g/mol. The Morgan fingerprint density at radius 2 is 2.20 bits per heavy atom. The molecule has 0 saturated heterocycles. The van der Waals surface area contributed by atoms with Gasteiger partial charge in [0.15, 0.2) is 0 Å². The summed E-state index contributed by atoms with van der Waals surface area (Å²) in [4.78, 5) is 11.1. The molecule has 0 heterocycles. The molecule has 0 bridgehead atoms. The van der Waals surface area contributed by atoms with Gasteiger partial charge in [-0.05, 0) is 30.8 Å². The molecule has 0 aromatic heterocycles. The van der Waals surface area contributed by atoms with Crippen molar-refractivity contribution in [2.45, 2.75) is 45.1 Å². The van der Waals surface area contributed by atoms with Crippen molar-refractivity contribution in [3.05, 3.63) is 11.3 Å². The lowest BCUT2D eigenvalue weighted by molar-refractivity contribution is -0.119. The molecule has 2 rings (SSSR count). The highest BCUT2D eigenvalue weighted by atomic mass is 16.5. The Kier molecular flexibility index (Phi) is 2.98. The zero-order chi connectivity index (χ0) is 10.8. The van der Waals surface area contributed by atoms with Crippen LogP contribution in [0.2, 0.25) is 0 Å². The van der Waals surface area contributed by atoms with E-state index >= 15 is 0 Å². The molecule has 2 aliphatic carbocycles. The summed E-state index contributed by atoms with van der Waals surface area (Å²) < 4.78 is 5.43. The second kappa shape index (κ2) is 4.25. The SMILES string of the molecule is COC(=C1CC1)C(CC1CC1)NC(C)=O. The van der Waals surface area contributed by atoms with Crippen molar-refractivity contribution >= 4 is 5.91 Å². The summed E-state index contributed by atoms with van der Waals surface area (Å²) >= 11 is 0. The van der Waals surface area contributed by atoms with Crippen LogP contribution >= 0.6 is 0 Å². The molecule has 2 aliphatic rings. The van der Waals surface area contributed by atoms with E-state index in [-0.39, 0.29) is 11.9 Å². The van der Waals surface area contributed by atoms with Gasteiger partial charge in [0.25, 0.3) is 0 Å². The molecule has 1 amide bonds. The first kappa shape index (κ1) is 10.5. The van der Waals surface area contributed by atoms with Crippen molar-refractivity contribution in [1.82, 2.24) is 5.32 Å². The molecule has 1 N–H and O–H groups in total. The van der Waals surface area contributed by atoms with Gasteiger partial charge < -0.3 is 10.1 Å². The summed E-state index contributed by atoms with van der Waals surface area (Å²) in [7, 11) is 1.71. The molecule has 2 saturated carbocycles. The Balaban J connectivity index is 2.01. The maximum Gasteiger partial charge on any atom is 0.217 e. The zero-order valence-electron chi connectivity index (χ0n) is 9.51. The quantitative estimate of drug-likeness (QED) is 0.703. The van der Waals surface area contributed by atoms with Crippen molar-refractivity contribution in [3.63, 3.8) is 0 Å². The maximum atomic E-state index is 11.1. The van der Waals surface area contributed by atoms with Crippen molar-refractivity contribution in [3.8, 4) is 0 Å². The largest absolute Gasteiger partial charge is 0.499 e. The summed E-state index contributed by atoms with van der Waals surface area (Å²) in [6.07, 6.45) is 5.95. The number of carbonyl (C=O) groups excluding carboxylic acids is 1. The van der Waals surface area contributed by atoms with E-state index in [9.17, 15) is 4.79 Å². The fraction of sp³-hybridized carbons (Fsp3) is 0.750. The van der Waals surface area contributed by atoms with Crippen LogP contribution in [0, 0.1) is 5.92 Å². The summed E-state index contributed by atoms with van der Waals surface area (Å²) in [5.74, 6) is 1.86. The van der Waals surface area contributed by atoms with Crippen LogP contribution in [0.1, 0.15) is 39.0 Å². The minimum atomic E-state index is 0.0384. The molecular formula is C12H19NO2. The summed E-state index contributed by atoms with van der Waals surface area (Å²) in [5.41, 5.74) is 1.39. The van der Waals surface area contributed by atoms with Crippen LogP contribution in [0.15, 0.2) is 11.3 Å². The van der Waals surface area contributed by atoms with Gasteiger partial charge in [-0.3, -0.25) is 4.79 Å². The smallest absolute Gasteiger partial charge is 0.217 e. The van der Waals surface area contributed by atoms with Crippen molar-refractivity contribution in [2.75, 3.05) is 7.11 Å². The van der Waals surface area contributed by atoms with Gasteiger partial charge in [-0.15, -0.1) is 0 Å². The number of methoxy groups -OCH3 is 1. The second-order valence-corrected chi connectivity index (χ2v) is 4.60. The highest BCUT2D eigenvalue weighted by Crippen LogP contribution is 2.39. The van der Waals surface area contributed by atoms with Crippen LogP contribution in [0.5, 0.6) is 0 Å². The van der Waals surface area contributed by atoms with E-state index < -0.39 is 0 Å². The Labute approximate surface area is 90.9 Å². The van der Waals surface area contributed by atoms with Gasteiger partial charge in [-0.2, -0.15) is 0 Å². The lowest BCUT2D eigenvalue weighted by Gasteiger charge is -2.20. The van der Waals surface area contributed by atoms with Gasteiger partial charge in [-0.1, -0.05) is 12.8 Å². The van der Waals surface area contributed by atoms with Gasteiger partial charge >= 0.3 is 0 Å². The molecule has 84 valence electrons. The Morgan fingerprint density at radius 3 is 2.60 bits per heavy atom. The first-order valence-corrected chi connectivity index (χ1v) is 5.73. The monoisotopic (exact) mass is 209 g/mol. The number of amides is 1. The topological polar surface area (TPSA) is 38.3 Å². The minimum absolute atomic E-state index is 0.0384. The van der Waals surface area contributed by atoms with Crippen LogP contribution in [0.4, 0.5) is 0 Å². The lowest BCUT2D eigenvalue weighted by atomic mass is 10.1. The lowest BCUT2D eigenvalue weighted by Crippen LogP contribution is -2.35. The standard InChI is InChI=1S/C12H19NO2/c1-8(14)13-11(7-9-3-4-9)12(15-2)10-5-6-10/h9,11H,3-7H2,1-2H3,(H,13,14). The molecule has 15 heavy (non-hydrogen) atoms. The van der Waals surface area contributed by atoms with E-state index in [1.165, 1.54) is 18.4 Å². The zero-order valence-corrected chi connectivity index (χ0v) is 9.51. The highest BCUT2D eigenvalue weighted by Gasteiger charge is 2.31. The summed E-state index contributed by atoms with van der Waals surface area (Å²) in [6, 6.07) is 0.123. The van der Waals surface area contributed by atoms with Crippen molar-refractivity contribution < 1.29 is 9.53 Å². The van der Waals surface area contributed by atoms with Crippen LogP contribution in [-0.2, 0) is 9.53 Å². The van der Waals surface area contributed by atoms with Gasteiger partial charge in [0.2, 0.25) is 5.91 Å². The number of carbonyl (C=O) groups is 1. The second-order valence-electron chi connectivity index (χ2n) is 4.60. The third kappa shape index (κ3) is 2.98. The molecular weight excluding hydrogens is 190 g/mol. The van der Waals surface area contributed by atoms with E-state index in [0.717, 1.165) is 30.9 Å². The normalized spacial score (nSPS) is 20.8.